The first-order chi connectivity index (χ1) is 14.1. The molecule has 0 amide bonds. The van der Waals surface area contributed by atoms with Gasteiger partial charge in [-0.15, -0.1) is 0 Å². The molecule has 0 saturated heterocycles. The maximum atomic E-state index is 13.9. The average Bonchev–Trinajstić information content (AvgIpc) is 3.15. The summed E-state index contributed by atoms with van der Waals surface area (Å²) in [5.74, 6) is -0.175. The molecule has 0 radical (unpaired) electrons. The maximum absolute atomic E-state index is 13.9. The molecule has 142 valence electrons. The molecule has 0 N–H and O–H groups in total. The first kappa shape index (κ1) is 18.2. The van der Waals surface area contributed by atoms with Gasteiger partial charge in [-0.2, -0.15) is 0 Å². The lowest BCUT2D eigenvalue weighted by Crippen LogP contribution is -1.86. The number of oxazole rings is 1. The zero-order chi connectivity index (χ0) is 20.2. The van der Waals surface area contributed by atoms with Gasteiger partial charge in [-0.25, -0.2) is 9.37 Å². The first-order valence-electron chi connectivity index (χ1n) is 8.71. The summed E-state index contributed by atoms with van der Waals surface area (Å²) in [6.07, 6.45) is 5.14. The number of fused-ring (bicyclic) bond motifs is 1. The maximum Gasteiger partial charge on any atom is 0.269 e. The molecule has 0 aliphatic rings. The number of aromatic nitrogens is 1. The lowest BCUT2D eigenvalue weighted by atomic mass is 10.2. The zero-order valence-corrected chi connectivity index (χ0v) is 15.0. The van der Waals surface area contributed by atoms with Crippen LogP contribution in [-0.4, -0.2) is 16.1 Å². The van der Waals surface area contributed by atoms with E-state index in [4.69, 9.17) is 4.42 Å². The van der Waals surface area contributed by atoms with Gasteiger partial charge in [0.1, 0.15) is 11.3 Å². The van der Waals surface area contributed by atoms with Crippen LogP contribution >= 0.6 is 0 Å². The Hall–Kier alpha value is -4.13. The number of nitro groups is 1. The molecule has 0 aliphatic heterocycles. The van der Waals surface area contributed by atoms with Gasteiger partial charge in [-0.05, 0) is 54.1 Å². The van der Waals surface area contributed by atoms with Gasteiger partial charge in [0.05, 0.1) is 16.2 Å². The van der Waals surface area contributed by atoms with Gasteiger partial charge in [0, 0.05) is 18.3 Å². The minimum atomic E-state index is -0.438. The van der Waals surface area contributed by atoms with Gasteiger partial charge in [0.15, 0.2) is 5.58 Å². The van der Waals surface area contributed by atoms with Crippen molar-refractivity contribution in [3.8, 4) is 11.5 Å². The molecular formula is C22H14FN3O3. The molecule has 7 heteroatoms. The minimum absolute atomic E-state index is 0.0477. The highest BCUT2D eigenvalue weighted by Crippen LogP contribution is 2.28. The van der Waals surface area contributed by atoms with Crippen LogP contribution in [0.2, 0.25) is 0 Å². The molecule has 1 aromatic heterocycles. The van der Waals surface area contributed by atoms with Crippen LogP contribution in [0.1, 0.15) is 5.56 Å². The van der Waals surface area contributed by atoms with Gasteiger partial charge in [0.2, 0.25) is 5.89 Å². The first-order valence-corrected chi connectivity index (χ1v) is 8.71. The summed E-state index contributed by atoms with van der Waals surface area (Å²) in [5.41, 5.74) is 2.97. The molecule has 6 nitrogen and oxygen atoms in total. The van der Waals surface area contributed by atoms with Gasteiger partial charge in [-0.3, -0.25) is 15.1 Å². The second-order valence-electron chi connectivity index (χ2n) is 6.14. The van der Waals surface area contributed by atoms with Crippen molar-refractivity contribution < 1.29 is 13.7 Å². The summed E-state index contributed by atoms with van der Waals surface area (Å²) in [6, 6.07) is 17.8. The molecule has 0 saturated carbocycles. The fourth-order valence-corrected chi connectivity index (χ4v) is 2.74. The van der Waals surface area contributed by atoms with E-state index in [0.717, 1.165) is 5.56 Å². The third-order valence-corrected chi connectivity index (χ3v) is 4.18. The number of hydrogen-bond acceptors (Lipinski definition) is 5. The van der Waals surface area contributed by atoms with Crippen LogP contribution in [0.4, 0.5) is 15.8 Å². The lowest BCUT2D eigenvalue weighted by Gasteiger charge is -1.95. The molecule has 0 bridgehead atoms. The summed E-state index contributed by atoms with van der Waals surface area (Å²) >= 11 is 0. The minimum Gasteiger partial charge on any atom is -0.436 e. The number of non-ortho nitro benzene ring substituents is 1. The number of hydrogen-bond donors (Lipinski definition) is 0. The Balaban J connectivity index is 1.51. The summed E-state index contributed by atoms with van der Waals surface area (Å²) in [5, 5.41) is 10.7. The van der Waals surface area contributed by atoms with E-state index in [1.165, 1.54) is 18.2 Å². The summed E-state index contributed by atoms with van der Waals surface area (Å²) < 4.78 is 19.6. The standard InChI is InChI=1S/C22H14FN3O3/c23-19-6-2-1-5-18(19)22-25-20-14-16(9-12-21(20)29-22)24-13-3-4-15-7-10-17(11-8-15)26(27)28/h1-14H. The van der Waals surface area contributed by atoms with E-state index in [1.807, 2.05) is 0 Å². The van der Waals surface area contributed by atoms with Crippen LogP contribution in [0.15, 0.2) is 82.2 Å². The van der Waals surface area contributed by atoms with Crippen LogP contribution in [0, 0.1) is 15.9 Å². The molecule has 0 aliphatic carbocycles. The Morgan fingerprint density at radius 2 is 1.86 bits per heavy atom. The molecule has 0 fully saturated rings. The number of benzene rings is 3. The Morgan fingerprint density at radius 1 is 1.07 bits per heavy atom. The second kappa shape index (κ2) is 7.85. The van der Waals surface area contributed by atoms with Crippen LogP contribution in [0.5, 0.6) is 0 Å². The SMILES string of the molecule is O=[N+]([O-])c1ccc(C=CC=Nc2ccc3oc(-c4ccccc4F)nc3c2)cc1. The van der Waals surface area contributed by atoms with Gasteiger partial charge in [-0.1, -0.05) is 18.2 Å². The number of nitrogens with zero attached hydrogens (tertiary/aromatic N) is 3. The highest BCUT2D eigenvalue weighted by molar-refractivity contribution is 5.84. The zero-order valence-electron chi connectivity index (χ0n) is 15.0. The topological polar surface area (TPSA) is 81.5 Å². The Bertz CT molecular complexity index is 1240. The number of rotatable bonds is 5. The predicted octanol–water partition coefficient (Wildman–Crippen LogP) is 5.96. The molecule has 0 unspecified atom stereocenters. The van der Waals surface area contributed by atoms with Gasteiger partial charge >= 0.3 is 0 Å². The molecule has 29 heavy (non-hydrogen) atoms. The van der Waals surface area contributed by atoms with Crippen molar-refractivity contribution >= 4 is 34.8 Å². The molecule has 1 heterocycles. The molecular weight excluding hydrogens is 373 g/mol. The summed E-state index contributed by atoms with van der Waals surface area (Å²) in [7, 11) is 0. The number of nitro benzene ring substituents is 1. The highest BCUT2D eigenvalue weighted by Gasteiger charge is 2.12. The van der Waals surface area contributed by atoms with E-state index in [-0.39, 0.29) is 11.6 Å². The van der Waals surface area contributed by atoms with E-state index < -0.39 is 10.7 Å². The van der Waals surface area contributed by atoms with Crippen LogP contribution < -0.4 is 0 Å². The summed E-state index contributed by atoms with van der Waals surface area (Å²) in [6.45, 7) is 0. The van der Waals surface area contributed by atoms with E-state index in [1.54, 1.807) is 66.9 Å². The highest BCUT2D eigenvalue weighted by atomic mass is 19.1. The molecule has 4 aromatic rings. The van der Waals surface area contributed by atoms with E-state index in [2.05, 4.69) is 9.98 Å². The van der Waals surface area contributed by atoms with Crippen molar-refractivity contribution in [2.24, 2.45) is 4.99 Å². The normalized spacial score (nSPS) is 11.6. The predicted molar refractivity (Wildman–Crippen MR) is 110 cm³/mol. The third-order valence-electron chi connectivity index (χ3n) is 4.18. The van der Waals surface area contributed by atoms with Crippen molar-refractivity contribution in [2.75, 3.05) is 0 Å². The average molecular weight is 387 g/mol. The van der Waals surface area contributed by atoms with E-state index in [9.17, 15) is 14.5 Å². The van der Waals surface area contributed by atoms with Crippen molar-refractivity contribution in [3.05, 3.63) is 94.3 Å². The number of halogens is 1. The lowest BCUT2D eigenvalue weighted by molar-refractivity contribution is -0.384. The quantitative estimate of drug-likeness (QED) is 0.240. The van der Waals surface area contributed by atoms with Crippen LogP contribution in [-0.2, 0) is 0 Å². The van der Waals surface area contributed by atoms with Gasteiger partial charge in [0.25, 0.3) is 5.69 Å². The Kier molecular flexibility index (Phi) is 4.94. The number of allylic oxidation sites excluding steroid dienone is 1. The largest absolute Gasteiger partial charge is 0.436 e. The fraction of sp³-hybridized carbons (Fsp3) is 0. The Morgan fingerprint density at radius 3 is 2.62 bits per heavy atom. The Labute approximate surface area is 164 Å². The van der Waals surface area contributed by atoms with E-state index in [0.29, 0.717) is 22.4 Å². The molecule has 0 spiro atoms. The molecule has 0 atom stereocenters. The fourth-order valence-electron chi connectivity index (χ4n) is 2.74. The van der Waals surface area contributed by atoms with E-state index >= 15 is 0 Å². The second-order valence-corrected chi connectivity index (χ2v) is 6.14. The van der Waals surface area contributed by atoms with Crippen molar-refractivity contribution in [2.45, 2.75) is 0 Å². The van der Waals surface area contributed by atoms with Crippen molar-refractivity contribution in [3.63, 3.8) is 0 Å². The van der Waals surface area contributed by atoms with Gasteiger partial charge < -0.3 is 4.42 Å². The van der Waals surface area contributed by atoms with Crippen molar-refractivity contribution in [1.29, 1.82) is 0 Å². The smallest absolute Gasteiger partial charge is 0.269 e. The van der Waals surface area contributed by atoms with Crippen molar-refractivity contribution in [1.82, 2.24) is 4.98 Å². The third kappa shape index (κ3) is 4.08. The van der Waals surface area contributed by atoms with Crippen LogP contribution in [0.25, 0.3) is 28.6 Å². The molecule has 4 rings (SSSR count). The molecule has 3 aromatic carbocycles. The number of aliphatic imine (C=N–C) groups is 1. The monoisotopic (exact) mass is 387 g/mol. The summed E-state index contributed by atoms with van der Waals surface area (Å²) in [4.78, 5) is 18.9. The van der Waals surface area contributed by atoms with Crippen LogP contribution in [0.3, 0.4) is 0 Å².